The number of nitrogens with zero attached hydrogens (tertiary/aromatic N) is 1. The third-order valence-corrected chi connectivity index (χ3v) is 3.31. The molecule has 2 heteroatoms. The lowest BCUT2D eigenvalue weighted by molar-refractivity contribution is -0.126. The van der Waals surface area contributed by atoms with Gasteiger partial charge in [-0.05, 0) is 32.2 Å². The summed E-state index contributed by atoms with van der Waals surface area (Å²) in [5.41, 5.74) is -0.170. The summed E-state index contributed by atoms with van der Waals surface area (Å²) in [5.74, 6) is 1.10. The molecule has 0 amide bonds. The maximum absolute atomic E-state index is 11.4. The highest BCUT2D eigenvalue weighted by atomic mass is 16.1. The lowest BCUT2D eigenvalue weighted by atomic mass is 9.87. The molecule has 1 heterocycles. The van der Waals surface area contributed by atoms with Gasteiger partial charge in [0.25, 0.3) is 0 Å². The van der Waals surface area contributed by atoms with Gasteiger partial charge in [-0.3, -0.25) is 4.79 Å². The van der Waals surface area contributed by atoms with Gasteiger partial charge in [-0.25, -0.2) is 0 Å². The van der Waals surface area contributed by atoms with Crippen LogP contribution in [0.1, 0.15) is 40.5 Å². The Hall–Kier alpha value is -0.370. The van der Waals surface area contributed by atoms with E-state index >= 15 is 0 Å². The smallest absolute Gasteiger partial charge is 0.136 e. The molecule has 1 atom stereocenters. The standard InChI is InChI=1S/C12H23NO/c1-10-6-5-7-13(8-10)9-12(3,4)11(2)14/h10H,5-9H2,1-4H3. The maximum Gasteiger partial charge on any atom is 0.136 e. The molecule has 1 rings (SSSR count). The zero-order chi connectivity index (χ0) is 10.8. The van der Waals surface area contributed by atoms with Crippen LogP contribution < -0.4 is 0 Å². The quantitative estimate of drug-likeness (QED) is 0.692. The predicted molar refractivity (Wildman–Crippen MR) is 59.3 cm³/mol. The van der Waals surface area contributed by atoms with Gasteiger partial charge in [0.2, 0.25) is 0 Å². The van der Waals surface area contributed by atoms with E-state index in [0.717, 1.165) is 19.0 Å². The number of carbonyl (C=O) groups is 1. The van der Waals surface area contributed by atoms with Crippen molar-refractivity contribution < 1.29 is 4.79 Å². The van der Waals surface area contributed by atoms with Crippen molar-refractivity contribution in [3.8, 4) is 0 Å². The number of piperidine rings is 1. The van der Waals surface area contributed by atoms with Crippen LogP contribution in [0.3, 0.4) is 0 Å². The van der Waals surface area contributed by atoms with Crippen molar-refractivity contribution >= 4 is 5.78 Å². The fourth-order valence-electron chi connectivity index (χ4n) is 2.10. The molecule has 0 bridgehead atoms. The minimum absolute atomic E-state index is 0.170. The summed E-state index contributed by atoms with van der Waals surface area (Å²) in [6.07, 6.45) is 2.63. The third kappa shape index (κ3) is 3.09. The average molecular weight is 197 g/mol. The van der Waals surface area contributed by atoms with Crippen molar-refractivity contribution in [3.05, 3.63) is 0 Å². The normalized spacial score (nSPS) is 25.0. The molecule has 1 aliphatic rings. The molecule has 1 saturated heterocycles. The highest BCUT2D eigenvalue weighted by Gasteiger charge is 2.28. The Labute approximate surface area is 87.7 Å². The Morgan fingerprint density at radius 1 is 1.50 bits per heavy atom. The van der Waals surface area contributed by atoms with Gasteiger partial charge in [0.05, 0.1) is 0 Å². The van der Waals surface area contributed by atoms with Crippen LogP contribution in [0.2, 0.25) is 0 Å². The number of hydrogen-bond acceptors (Lipinski definition) is 2. The van der Waals surface area contributed by atoms with Crippen LogP contribution in [-0.4, -0.2) is 30.3 Å². The van der Waals surface area contributed by atoms with Gasteiger partial charge in [0.1, 0.15) is 5.78 Å². The van der Waals surface area contributed by atoms with E-state index in [0.29, 0.717) is 5.78 Å². The van der Waals surface area contributed by atoms with Crippen molar-refractivity contribution in [1.82, 2.24) is 4.90 Å². The second-order valence-corrected chi connectivity index (χ2v) is 5.42. The molecule has 1 fully saturated rings. The molecule has 0 aromatic heterocycles. The van der Waals surface area contributed by atoms with Gasteiger partial charge in [-0.15, -0.1) is 0 Å². The average Bonchev–Trinajstić information content (AvgIpc) is 2.02. The summed E-state index contributed by atoms with van der Waals surface area (Å²) in [4.78, 5) is 13.8. The molecule has 82 valence electrons. The van der Waals surface area contributed by atoms with Crippen LogP contribution in [0.15, 0.2) is 0 Å². The van der Waals surface area contributed by atoms with Gasteiger partial charge in [-0.1, -0.05) is 20.8 Å². The summed E-state index contributed by atoms with van der Waals surface area (Å²) in [6, 6.07) is 0. The Balaban J connectivity index is 2.47. The van der Waals surface area contributed by atoms with E-state index in [1.165, 1.54) is 19.4 Å². The van der Waals surface area contributed by atoms with E-state index in [-0.39, 0.29) is 5.41 Å². The first-order chi connectivity index (χ1) is 6.42. The first-order valence-corrected chi connectivity index (χ1v) is 5.65. The molecule has 0 N–H and O–H groups in total. The molecular weight excluding hydrogens is 174 g/mol. The van der Waals surface area contributed by atoms with E-state index in [1.54, 1.807) is 6.92 Å². The van der Waals surface area contributed by atoms with Gasteiger partial charge in [-0.2, -0.15) is 0 Å². The van der Waals surface area contributed by atoms with E-state index in [4.69, 9.17) is 0 Å². The summed E-state index contributed by atoms with van der Waals surface area (Å²) in [7, 11) is 0. The number of rotatable bonds is 3. The molecule has 0 saturated carbocycles. The zero-order valence-corrected chi connectivity index (χ0v) is 9.97. The van der Waals surface area contributed by atoms with Crippen molar-refractivity contribution in [2.45, 2.75) is 40.5 Å². The van der Waals surface area contributed by atoms with Gasteiger partial charge >= 0.3 is 0 Å². The minimum atomic E-state index is -0.170. The van der Waals surface area contributed by atoms with Gasteiger partial charge < -0.3 is 4.90 Å². The van der Waals surface area contributed by atoms with Gasteiger partial charge in [0, 0.05) is 18.5 Å². The van der Waals surface area contributed by atoms with Crippen LogP contribution >= 0.6 is 0 Å². The highest BCUT2D eigenvalue weighted by Crippen LogP contribution is 2.22. The lowest BCUT2D eigenvalue weighted by Crippen LogP contribution is -2.43. The topological polar surface area (TPSA) is 20.3 Å². The van der Waals surface area contributed by atoms with Crippen molar-refractivity contribution in [2.24, 2.45) is 11.3 Å². The third-order valence-electron chi connectivity index (χ3n) is 3.31. The summed E-state index contributed by atoms with van der Waals surface area (Å²) in [5, 5.41) is 0. The SMILES string of the molecule is CC(=O)C(C)(C)CN1CCCC(C)C1. The molecule has 14 heavy (non-hydrogen) atoms. The number of likely N-dealkylation sites (tertiary alicyclic amines) is 1. The van der Waals surface area contributed by atoms with E-state index < -0.39 is 0 Å². The highest BCUT2D eigenvalue weighted by molar-refractivity contribution is 5.81. The Morgan fingerprint density at radius 3 is 2.64 bits per heavy atom. The maximum atomic E-state index is 11.4. The molecule has 1 aliphatic heterocycles. The Morgan fingerprint density at radius 2 is 2.14 bits per heavy atom. The number of carbonyl (C=O) groups excluding carboxylic acids is 1. The fraction of sp³-hybridized carbons (Fsp3) is 0.917. The van der Waals surface area contributed by atoms with Crippen LogP contribution in [0, 0.1) is 11.3 Å². The molecule has 2 nitrogen and oxygen atoms in total. The Kier molecular flexibility index (Phi) is 3.71. The van der Waals surface area contributed by atoms with E-state index in [9.17, 15) is 4.79 Å². The molecular formula is C12H23NO. The fourth-order valence-corrected chi connectivity index (χ4v) is 2.10. The van der Waals surface area contributed by atoms with Crippen molar-refractivity contribution in [1.29, 1.82) is 0 Å². The van der Waals surface area contributed by atoms with Crippen LogP contribution in [0.5, 0.6) is 0 Å². The first kappa shape index (κ1) is 11.7. The molecule has 0 aliphatic carbocycles. The summed E-state index contributed by atoms with van der Waals surface area (Å²) >= 11 is 0. The van der Waals surface area contributed by atoms with Crippen molar-refractivity contribution in [2.75, 3.05) is 19.6 Å². The number of hydrogen-bond donors (Lipinski definition) is 0. The second kappa shape index (κ2) is 4.43. The van der Waals surface area contributed by atoms with E-state index in [2.05, 4.69) is 25.7 Å². The zero-order valence-electron chi connectivity index (χ0n) is 9.97. The largest absolute Gasteiger partial charge is 0.302 e. The van der Waals surface area contributed by atoms with Gasteiger partial charge in [0.15, 0.2) is 0 Å². The molecule has 1 unspecified atom stereocenters. The van der Waals surface area contributed by atoms with E-state index in [1.807, 2.05) is 0 Å². The monoisotopic (exact) mass is 197 g/mol. The molecule has 0 aromatic rings. The first-order valence-electron chi connectivity index (χ1n) is 5.65. The van der Waals surface area contributed by atoms with Crippen molar-refractivity contribution in [3.63, 3.8) is 0 Å². The number of ketones is 1. The molecule has 0 aromatic carbocycles. The summed E-state index contributed by atoms with van der Waals surface area (Å²) in [6.45, 7) is 11.4. The second-order valence-electron chi connectivity index (χ2n) is 5.42. The molecule has 0 radical (unpaired) electrons. The van der Waals surface area contributed by atoms with Crippen LogP contribution in [0.25, 0.3) is 0 Å². The van der Waals surface area contributed by atoms with Crippen LogP contribution in [-0.2, 0) is 4.79 Å². The number of Topliss-reactive ketones (excluding diaryl/α,β-unsaturated/α-hetero) is 1. The predicted octanol–water partition coefficient (Wildman–Crippen LogP) is 2.33. The Bertz CT molecular complexity index is 210. The summed E-state index contributed by atoms with van der Waals surface area (Å²) < 4.78 is 0. The molecule has 0 spiro atoms. The van der Waals surface area contributed by atoms with Crippen LogP contribution in [0.4, 0.5) is 0 Å². The lowest BCUT2D eigenvalue weighted by Gasteiger charge is -2.35. The minimum Gasteiger partial charge on any atom is -0.302 e.